The fourth-order valence-corrected chi connectivity index (χ4v) is 9.27. The highest BCUT2D eigenvalue weighted by atomic mass is 32.3. The first kappa shape index (κ1) is 27.1. The Morgan fingerprint density at radius 3 is 2.14 bits per heavy atom. The molecule has 2 N–H and O–H groups in total. The fourth-order valence-electron chi connectivity index (χ4n) is 7.46. The van der Waals surface area contributed by atoms with Crippen molar-refractivity contribution in [2.45, 2.75) is 89.8 Å². The van der Waals surface area contributed by atoms with Crippen LogP contribution in [0.25, 0.3) is 0 Å². The minimum absolute atomic E-state index is 0.161. The van der Waals surface area contributed by atoms with Gasteiger partial charge in [0.1, 0.15) is 0 Å². The summed E-state index contributed by atoms with van der Waals surface area (Å²) in [6.07, 6.45) is 5.85. The number of nitrogens with zero attached hydrogens (tertiary/aromatic N) is 3. The standard InChI is InChI=1S/C29H45N3O4S/c1-20-5-10-25(29(3,4)28(34)32-22-6-7-23(32)9-8-22)21(2)27(20)26(33)11-13-30-14-16-31(17-15-30)24-12-18-37(35,36)19-24/h5,10,22-24,35-36H,6-9,11-19H2,1-4H3. The number of aryl methyl sites for hydroxylation is 1. The van der Waals surface area contributed by atoms with Crippen molar-refractivity contribution in [3.63, 3.8) is 0 Å². The zero-order chi connectivity index (χ0) is 26.5. The summed E-state index contributed by atoms with van der Waals surface area (Å²) in [7, 11) is -2.37. The van der Waals surface area contributed by atoms with Crippen LogP contribution in [0.3, 0.4) is 0 Å². The molecule has 7 nitrogen and oxygen atoms in total. The highest BCUT2D eigenvalue weighted by molar-refractivity contribution is 8.24. The Labute approximate surface area is 223 Å². The van der Waals surface area contributed by atoms with E-state index in [2.05, 4.69) is 20.8 Å². The van der Waals surface area contributed by atoms with Gasteiger partial charge in [0.05, 0.1) is 11.2 Å². The molecule has 206 valence electrons. The molecular weight excluding hydrogens is 486 g/mol. The molecule has 1 aromatic rings. The minimum atomic E-state index is -2.37. The van der Waals surface area contributed by atoms with Gasteiger partial charge in [0.2, 0.25) is 5.91 Å². The fraction of sp³-hybridized carbons (Fsp3) is 0.724. The van der Waals surface area contributed by atoms with Crippen LogP contribution in [0.4, 0.5) is 0 Å². The van der Waals surface area contributed by atoms with Crippen LogP contribution in [0.1, 0.15) is 79.4 Å². The second-order valence-corrected chi connectivity index (χ2v) is 14.7. The van der Waals surface area contributed by atoms with E-state index < -0.39 is 16.0 Å². The Morgan fingerprint density at radius 2 is 1.57 bits per heavy atom. The lowest BCUT2D eigenvalue weighted by Gasteiger charge is -2.38. The molecule has 8 heteroatoms. The van der Waals surface area contributed by atoms with E-state index in [1.807, 2.05) is 33.8 Å². The molecule has 0 spiro atoms. The van der Waals surface area contributed by atoms with E-state index in [4.69, 9.17) is 0 Å². The molecule has 0 aliphatic carbocycles. The van der Waals surface area contributed by atoms with Crippen molar-refractivity contribution in [2.75, 3.05) is 44.2 Å². The zero-order valence-electron chi connectivity index (χ0n) is 23.0. The maximum absolute atomic E-state index is 13.7. The van der Waals surface area contributed by atoms with E-state index in [9.17, 15) is 18.7 Å². The van der Waals surface area contributed by atoms with E-state index in [1.165, 1.54) is 0 Å². The molecule has 4 aliphatic heterocycles. The van der Waals surface area contributed by atoms with Crippen LogP contribution in [0, 0.1) is 13.8 Å². The lowest BCUT2D eigenvalue weighted by Crippen LogP contribution is -2.50. The van der Waals surface area contributed by atoms with Gasteiger partial charge in [-0.3, -0.25) is 23.6 Å². The highest BCUT2D eigenvalue weighted by Gasteiger charge is 2.47. The Kier molecular flexibility index (Phi) is 7.53. The van der Waals surface area contributed by atoms with Crippen LogP contribution in [0.2, 0.25) is 0 Å². The maximum atomic E-state index is 13.7. The molecule has 4 fully saturated rings. The van der Waals surface area contributed by atoms with Crippen molar-refractivity contribution in [3.05, 3.63) is 34.4 Å². The Bertz CT molecular complexity index is 1030. The normalized spacial score (nSPS) is 29.1. The van der Waals surface area contributed by atoms with Gasteiger partial charge in [-0.05, 0) is 76.5 Å². The molecule has 4 aliphatic rings. The molecule has 0 saturated carbocycles. The first-order valence-corrected chi connectivity index (χ1v) is 16.0. The Morgan fingerprint density at radius 1 is 0.946 bits per heavy atom. The van der Waals surface area contributed by atoms with Crippen LogP contribution in [0.5, 0.6) is 0 Å². The second-order valence-electron chi connectivity index (χ2n) is 12.4. The maximum Gasteiger partial charge on any atom is 0.233 e. The van der Waals surface area contributed by atoms with Crippen molar-refractivity contribution >= 4 is 22.3 Å². The molecule has 2 bridgehead atoms. The summed E-state index contributed by atoms with van der Waals surface area (Å²) in [6.45, 7) is 12.5. The molecule has 0 radical (unpaired) electrons. The summed E-state index contributed by atoms with van der Waals surface area (Å²) in [5.41, 5.74) is 3.06. The summed E-state index contributed by atoms with van der Waals surface area (Å²) in [6, 6.07) is 5.16. The van der Waals surface area contributed by atoms with E-state index in [0.29, 0.717) is 30.0 Å². The van der Waals surface area contributed by atoms with Crippen molar-refractivity contribution in [3.8, 4) is 0 Å². The number of carbonyl (C=O) groups is 2. The lowest BCUT2D eigenvalue weighted by atomic mass is 9.77. The van der Waals surface area contributed by atoms with Gasteiger partial charge in [-0.1, -0.05) is 12.1 Å². The summed E-state index contributed by atoms with van der Waals surface area (Å²) >= 11 is 0. The summed E-state index contributed by atoms with van der Waals surface area (Å²) < 4.78 is 19.9. The Hall–Kier alpha value is -1.45. The van der Waals surface area contributed by atoms with Crippen LogP contribution in [-0.4, -0.2) is 97.9 Å². The molecule has 1 unspecified atom stereocenters. The predicted molar refractivity (Wildman–Crippen MR) is 150 cm³/mol. The molecule has 4 saturated heterocycles. The quantitative estimate of drug-likeness (QED) is 0.506. The molecular formula is C29H45N3O4S. The third kappa shape index (κ3) is 5.24. The van der Waals surface area contributed by atoms with Gasteiger partial charge < -0.3 is 9.80 Å². The predicted octanol–water partition coefficient (Wildman–Crippen LogP) is 4.45. The van der Waals surface area contributed by atoms with Crippen LogP contribution >= 0.6 is 10.6 Å². The van der Waals surface area contributed by atoms with Gasteiger partial charge in [0.15, 0.2) is 5.78 Å². The van der Waals surface area contributed by atoms with Crippen LogP contribution in [-0.2, 0) is 10.2 Å². The first-order chi connectivity index (χ1) is 17.5. The summed E-state index contributed by atoms with van der Waals surface area (Å²) in [4.78, 5) is 34.2. The number of fused-ring (bicyclic) bond motifs is 2. The smallest absolute Gasteiger partial charge is 0.233 e. The third-order valence-electron chi connectivity index (χ3n) is 9.66. The van der Waals surface area contributed by atoms with Crippen molar-refractivity contribution in [2.24, 2.45) is 0 Å². The molecule has 4 heterocycles. The number of hydrogen-bond donors (Lipinski definition) is 2. The topological polar surface area (TPSA) is 84.3 Å². The van der Waals surface area contributed by atoms with Crippen molar-refractivity contribution < 1.29 is 18.7 Å². The van der Waals surface area contributed by atoms with Gasteiger partial charge in [-0.15, -0.1) is 0 Å². The number of rotatable bonds is 7. The molecule has 0 aromatic heterocycles. The monoisotopic (exact) mass is 531 g/mol. The van der Waals surface area contributed by atoms with Gasteiger partial charge >= 0.3 is 0 Å². The van der Waals surface area contributed by atoms with Gasteiger partial charge in [0.25, 0.3) is 0 Å². The number of Topliss-reactive ketones (excluding diaryl/α,β-unsaturated/α-hetero) is 1. The Balaban J connectivity index is 1.22. The summed E-state index contributed by atoms with van der Waals surface area (Å²) in [5.74, 6) is 1.42. The molecule has 1 atom stereocenters. The van der Waals surface area contributed by atoms with Gasteiger partial charge in [-0.2, -0.15) is 10.6 Å². The van der Waals surface area contributed by atoms with E-state index >= 15 is 0 Å². The number of benzene rings is 1. The highest BCUT2D eigenvalue weighted by Crippen LogP contribution is 2.47. The number of carbonyl (C=O) groups excluding carboxylic acids is 2. The molecule has 1 amide bonds. The minimum Gasteiger partial charge on any atom is -0.336 e. The number of amides is 1. The number of ketones is 1. The summed E-state index contributed by atoms with van der Waals surface area (Å²) in [5, 5.41) is 0. The molecule has 37 heavy (non-hydrogen) atoms. The molecule has 5 rings (SSSR count). The SMILES string of the molecule is Cc1ccc(C(C)(C)C(=O)N2C3CCC2CC3)c(C)c1C(=O)CCN1CCN(C2CCS(O)(O)C2)CC1. The van der Waals surface area contributed by atoms with Gasteiger partial charge in [-0.25, -0.2) is 0 Å². The largest absolute Gasteiger partial charge is 0.336 e. The third-order valence-corrected chi connectivity index (χ3v) is 11.5. The lowest BCUT2D eigenvalue weighted by molar-refractivity contribution is -0.137. The van der Waals surface area contributed by atoms with E-state index in [-0.39, 0.29) is 17.7 Å². The van der Waals surface area contributed by atoms with Crippen LogP contribution < -0.4 is 0 Å². The second kappa shape index (κ2) is 10.3. The average Bonchev–Trinajstić information content (AvgIpc) is 3.56. The average molecular weight is 532 g/mol. The van der Waals surface area contributed by atoms with Crippen molar-refractivity contribution in [1.82, 2.24) is 14.7 Å². The first-order valence-electron chi connectivity index (χ1n) is 14.1. The van der Waals surface area contributed by atoms with Crippen LogP contribution in [0.15, 0.2) is 12.1 Å². The van der Waals surface area contributed by atoms with E-state index in [1.54, 1.807) is 0 Å². The van der Waals surface area contributed by atoms with Gasteiger partial charge in [0, 0.05) is 68.6 Å². The number of piperazine rings is 1. The molecule has 1 aromatic carbocycles. The van der Waals surface area contributed by atoms with E-state index in [0.717, 1.165) is 87.1 Å². The van der Waals surface area contributed by atoms with Crippen molar-refractivity contribution in [1.29, 1.82) is 0 Å². The zero-order valence-corrected chi connectivity index (χ0v) is 23.9. The number of hydrogen-bond acceptors (Lipinski definition) is 6.